The monoisotopic (exact) mass is 377 g/mol. The van der Waals surface area contributed by atoms with Gasteiger partial charge in [0.2, 0.25) is 5.91 Å². The Balaban J connectivity index is 0.00000182. The summed E-state index contributed by atoms with van der Waals surface area (Å²) in [4.78, 5) is 17.0. The summed E-state index contributed by atoms with van der Waals surface area (Å²) in [6.07, 6.45) is 0.823. The lowest BCUT2D eigenvalue weighted by Crippen LogP contribution is -2.24. The second-order valence-electron chi connectivity index (χ2n) is 5.86. The number of carbonyl (C=O) groups excluding carboxylic acids is 1. The maximum Gasteiger partial charge on any atom is 0.228 e. The van der Waals surface area contributed by atoms with E-state index in [9.17, 15) is 9.18 Å². The average molecular weight is 378 g/mol. The molecular formula is C18H17ClFN3OS. The van der Waals surface area contributed by atoms with Crippen LogP contribution in [0.4, 0.5) is 10.1 Å². The van der Waals surface area contributed by atoms with Crippen LogP contribution < -0.4 is 10.6 Å². The molecule has 2 N–H and O–H groups in total. The molecule has 0 bridgehead atoms. The summed E-state index contributed by atoms with van der Waals surface area (Å²) in [6.45, 7) is 1.54. The van der Waals surface area contributed by atoms with Crippen LogP contribution in [0.5, 0.6) is 0 Å². The molecule has 130 valence electrons. The Labute approximate surface area is 154 Å². The Morgan fingerprint density at radius 1 is 1.28 bits per heavy atom. The highest BCUT2D eigenvalue weighted by molar-refractivity contribution is 7.21. The van der Waals surface area contributed by atoms with Crippen molar-refractivity contribution in [1.29, 1.82) is 0 Å². The zero-order valence-corrected chi connectivity index (χ0v) is 14.9. The summed E-state index contributed by atoms with van der Waals surface area (Å²) >= 11 is 1.49. The molecule has 4 nitrogen and oxygen atoms in total. The number of hydrogen-bond donors (Lipinski definition) is 2. The molecule has 7 heteroatoms. The predicted octanol–water partition coefficient (Wildman–Crippen LogP) is 4.07. The van der Waals surface area contributed by atoms with Gasteiger partial charge in [-0.15, -0.1) is 23.7 Å². The maximum atomic E-state index is 13.8. The molecule has 25 heavy (non-hydrogen) atoms. The van der Waals surface area contributed by atoms with Gasteiger partial charge in [-0.05, 0) is 43.3 Å². The van der Waals surface area contributed by atoms with E-state index in [4.69, 9.17) is 0 Å². The number of amides is 1. The molecule has 1 fully saturated rings. The number of para-hydroxylation sites is 1. The van der Waals surface area contributed by atoms with Crippen molar-refractivity contribution >= 4 is 45.6 Å². The summed E-state index contributed by atoms with van der Waals surface area (Å²) in [5.74, 6) is -0.419. The highest BCUT2D eigenvalue weighted by atomic mass is 35.5. The molecular weight excluding hydrogens is 361 g/mol. The third-order valence-corrected chi connectivity index (χ3v) is 5.26. The number of nitrogens with one attached hydrogen (secondary N) is 2. The molecule has 3 aromatic rings. The molecule has 0 saturated carbocycles. The van der Waals surface area contributed by atoms with Crippen LogP contribution in [0.1, 0.15) is 6.42 Å². The van der Waals surface area contributed by atoms with Gasteiger partial charge in [0.05, 0.1) is 21.8 Å². The topological polar surface area (TPSA) is 54.0 Å². The fourth-order valence-corrected chi connectivity index (χ4v) is 3.90. The maximum absolute atomic E-state index is 13.8. The Morgan fingerprint density at radius 2 is 2.12 bits per heavy atom. The van der Waals surface area contributed by atoms with E-state index >= 15 is 0 Å². The van der Waals surface area contributed by atoms with Gasteiger partial charge in [-0.3, -0.25) is 4.79 Å². The normalized spacial score (nSPS) is 16.6. The highest BCUT2D eigenvalue weighted by Gasteiger charge is 2.23. The van der Waals surface area contributed by atoms with Gasteiger partial charge in [-0.2, -0.15) is 0 Å². The molecule has 2 aromatic carbocycles. The van der Waals surface area contributed by atoms with Crippen molar-refractivity contribution in [3.8, 4) is 10.6 Å². The zero-order valence-electron chi connectivity index (χ0n) is 13.3. The van der Waals surface area contributed by atoms with E-state index in [1.165, 1.54) is 23.5 Å². The van der Waals surface area contributed by atoms with E-state index in [0.717, 1.165) is 23.2 Å². The van der Waals surface area contributed by atoms with Crippen molar-refractivity contribution in [2.45, 2.75) is 6.42 Å². The van der Waals surface area contributed by atoms with Crippen LogP contribution in [-0.2, 0) is 4.79 Å². The molecule has 1 unspecified atom stereocenters. The first kappa shape index (κ1) is 17.8. The van der Waals surface area contributed by atoms with Crippen LogP contribution >= 0.6 is 23.7 Å². The molecule has 1 aliphatic heterocycles. The second-order valence-corrected chi connectivity index (χ2v) is 6.89. The minimum Gasteiger partial charge on any atom is -0.325 e. The van der Waals surface area contributed by atoms with E-state index in [1.807, 2.05) is 24.3 Å². The van der Waals surface area contributed by atoms with E-state index < -0.39 is 0 Å². The summed E-state index contributed by atoms with van der Waals surface area (Å²) < 4.78 is 14.8. The van der Waals surface area contributed by atoms with Crippen molar-refractivity contribution in [2.24, 2.45) is 5.92 Å². The Bertz CT molecular complexity index is 875. The summed E-state index contributed by atoms with van der Waals surface area (Å²) in [6, 6.07) is 12.2. The number of halogens is 2. The number of aromatic nitrogens is 1. The zero-order chi connectivity index (χ0) is 16.5. The lowest BCUT2D eigenvalue weighted by Gasteiger charge is -2.12. The first-order chi connectivity index (χ1) is 11.7. The molecule has 1 atom stereocenters. The Hall–Kier alpha value is -2.02. The lowest BCUT2D eigenvalue weighted by molar-refractivity contribution is -0.119. The van der Waals surface area contributed by atoms with Gasteiger partial charge in [0.15, 0.2) is 0 Å². The van der Waals surface area contributed by atoms with Gasteiger partial charge in [0, 0.05) is 12.1 Å². The van der Waals surface area contributed by atoms with E-state index in [1.54, 1.807) is 6.07 Å². The number of rotatable bonds is 3. The third kappa shape index (κ3) is 3.66. The smallest absolute Gasteiger partial charge is 0.228 e. The van der Waals surface area contributed by atoms with Gasteiger partial charge in [0.25, 0.3) is 0 Å². The molecule has 1 aliphatic rings. The standard InChI is InChI=1S/C18H16FN3OS.ClH/c19-12-5-6-14(21-17(23)11-7-8-20-10-11)13(9-12)18-22-15-3-1-2-4-16(15)24-18;/h1-6,9,11,20H,7-8,10H2,(H,21,23);1H. The molecule has 0 radical (unpaired) electrons. The van der Waals surface area contributed by atoms with E-state index in [-0.39, 0.29) is 30.0 Å². The number of thiazole rings is 1. The highest BCUT2D eigenvalue weighted by Crippen LogP contribution is 2.35. The van der Waals surface area contributed by atoms with Crippen LogP contribution in [0.3, 0.4) is 0 Å². The van der Waals surface area contributed by atoms with Crippen LogP contribution in [-0.4, -0.2) is 24.0 Å². The predicted molar refractivity (Wildman–Crippen MR) is 102 cm³/mol. The van der Waals surface area contributed by atoms with Crippen molar-refractivity contribution in [2.75, 3.05) is 18.4 Å². The fraction of sp³-hybridized carbons (Fsp3) is 0.222. The molecule has 1 amide bonds. The fourth-order valence-electron chi connectivity index (χ4n) is 2.90. The van der Waals surface area contributed by atoms with Crippen LogP contribution in [0.25, 0.3) is 20.8 Å². The number of anilines is 1. The van der Waals surface area contributed by atoms with Crippen LogP contribution in [0, 0.1) is 11.7 Å². The van der Waals surface area contributed by atoms with Gasteiger partial charge < -0.3 is 10.6 Å². The molecule has 1 aromatic heterocycles. The number of nitrogens with zero attached hydrogens (tertiary/aromatic N) is 1. The first-order valence-electron chi connectivity index (χ1n) is 7.88. The number of carbonyl (C=O) groups is 1. The largest absolute Gasteiger partial charge is 0.325 e. The van der Waals surface area contributed by atoms with Gasteiger partial charge in [0.1, 0.15) is 10.8 Å². The summed E-state index contributed by atoms with van der Waals surface area (Å²) in [5, 5.41) is 6.83. The van der Waals surface area contributed by atoms with Gasteiger partial charge >= 0.3 is 0 Å². The SMILES string of the molecule is Cl.O=C(Nc1ccc(F)cc1-c1nc2ccccc2s1)C1CCNC1. The molecule has 2 heterocycles. The second kappa shape index (κ2) is 7.47. The summed E-state index contributed by atoms with van der Waals surface area (Å²) in [7, 11) is 0. The molecule has 0 aliphatic carbocycles. The number of fused-ring (bicyclic) bond motifs is 1. The number of hydrogen-bond acceptors (Lipinski definition) is 4. The average Bonchev–Trinajstić information content (AvgIpc) is 3.25. The third-order valence-electron chi connectivity index (χ3n) is 4.19. The van der Waals surface area contributed by atoms with Crippen molar-refractivity contribution in [3.63, 3.8) is 0 Å². The quantitative estimate of drug-likeness (QED) is 0.723. The van der Waals surface area contributed by atoms with Crippen molar-refractivity contribution < 1.29 is 9.18 Å². The van der Waals surface area contributed by atoms with Crippen molar-refractivity contribution in [1.82, 2.24) is 10.3 Å². The van der Waals surface area contributed by atoms with Crippen LogP contribution in [0.2, 0.25) is 0 Å². The molecule has 0 spiro atoms. The van der Waals surface area contributed by atoms with Crippen molar-refractivity contribution in [3.05, 3.63) is 48.3 Å². The molecule has 4 rings (SSSR count). The first-order valence-corrected chi connectivity index (χ1v) is 8.69. The number of benzene rings is 2. The van der Waals surface area contributed by atoms with E-state index in [2.05, 4.69) is 15.6 Å². The van der Waals surface area contributed by atoms with E-state index in [0.29, 0.717) is 22.8 Å². The van der Waals surface area contributed by atoms with Gasteiger partial charge in [-0.1, -0.05) is 12.1 Å². The van der Waals surface area contributed by atoms with Crippen LogP contribution in [0.15, 0.2) is 42.5 Å². The minimum atomic E-state index is -0.343. The molecule has 1 saturated heterocycles. The summed E-state index contributed by atoms with van der Waals surface area (Å²) in [5.41, 5.74) is 2.10. The lowest BCUT2D eigenvalue weighted by atomic mass is 10.1. The van der Waals surface area contributed by atoms with Gasteiger partial charge in [-0.25, -0.2) is 9.37 Å². The Morgan fingerprint density at radius 3 is 2.88 bits per heavy atom. The Kier molecular flexibility index (Phi) is 5.32. The minimum absolute atomic E-state index is 0.